The molecule has 0 unspecified atom stereocenters. The Labute approximate surface area is 161 Å². The zero-order valence-electron chi connectivity index (χ0n) is 15.4. The predicted molar refractivity (Wildman–Crippen MR) is 106 cm³/mol. The second-order valence-electron chi connectivity index (χ2n) is 7.18. The summed E-state index contributed by atoms with van der Waals surface area (Å²) in [5.74, 6) is -0.448. The molecule has 5 heteroatoms. The molecule has 28 heavy (non-hydrogen) atoms. The standard InChI is InChI=1S/C23H18FN3O/c1-26-10-8-17-11-15(6-7-21(17)26)16-4-5-18(20(24)12-16)13-27-14-19-3-2-9-25-22(19)23(27)28/h2-12H,13-14H2,1H3. The van der Waals surface area contributed by atoms with Crippen LogP contribution in [0.1, 0.15) is 21.6 Å². The van der Waals surface area contributed by atoms with Crippen LogP contribution in [-0.2, 0) is 20.1 Å². The molecule has 0 atom stereocenters. The van der Waals surface area contributed by atoms with Crippen LogP contribution in [0.4, 0.5) is 4.39 Å². The zero-order valence-corrected chi connectivity index (χ0v) is 15.4. The molecule has 1 aliphatic heterocycles. The predicted octanol–water partition coefficient (Wildman–Crippen LogP) is 4.54. The lowest BCUT2D eigenvalue weighted by atomic mass is 10.0. The van der Waals surface area contributed by atoms with E-state index in [0.29, 0.717) is 17.8 Å². The molecule has 0 N–H and O–H groups in total. The largest absolute Gasteiger partial charge is 0.351 e. The Morgan fingerprint density at radius 1 is 1.07 bits per heavy atom. The summed E-state index contributed by atoms with van der Waals surface area (Å²) in [6.45, 7) is 0.701. The third-order valence-corrected chi connectivity index (χ3v) is 5.38. The lowest BCUT2D eigenvalue weighted by Crippen LogP contribution is -2.24. The van der Waals surface area contributed by atoms with E-state index in [0.717, 1.165) is 27.6 Å². The van der Waals surface area contributed by atoms with Crippen LogP contribution in [0.5, 0.6) is 0 Å². The van der Waals surface area contributed by atoms with Gasteiger partial charge in [-0.1, -0.05) is 24.3 Å². The number of halogens is 1. The van der Waals surface area contributed by atoms with Gasteiger partial charge in [-0.3, -0.25) is 9.78 Å². The van der Waals surface area contributed by atoms with E-state index in [1.807, 2.05) is 49.6 Å². The van der Waals surface area contributed by atoms with Gasteiger partial charge < -0.3 is 9.47 Å². The number of hydrogen-bond donors (Lipinski definition) is 0. The fourth-order valence-electron chi connectivity index (χ4n) is 3.84. The number of nitrogens with zero attached hydrogens (tertiary/aromatic N) is 3. The molecule has 3 heterocycles. The zero-order chi connectivity index (χ0) is 19.3. The molecule has 5 rings (SSSR count). The molecular weight excluding hydrogens is 353 g/mol. The Morgan fingerprint density at radius 3 is 2.71 bits per heavy atom. The van der Waals surface area contributed by atoms with Crippen LogP contribution in [0.25, 0.3) is 22.0 Å². The Bertz CT molecular complexity index is 1230. The van der Waals surface area contributed by atoms with Crippen molar-refractivity contribution >= 4 is 16.8 Å². The van der Waals surface area contributed by atoms with Crippen LogP contribution < -0.4 is 0 Å². The van der Waals surface area contributed by atoms with E-state index in [1.54, 1.807) is 23.2 Å². The maximum atomic E-state index is 14.8. The van der Waals surface area contributed by atoms with E-state index in [9.17, 15) is 9.18 Å². The molecule has 2 aromatic heterocycles. The first kappa shape index (κ1) is 16.7. The summed E-state index contributed by atoms with van der Waals surface area (Å²) in [4.78, 5) is 18.2. The van der Waals surface area contributed by atoms with Crippen molar-refractivity contribution < 1.29 is 9.18 Å². The van der Waals surface area contributed by atoms with Gasteiger partial charge in [0.05, 0.1) is 0 Å². The van der Waals surface area contributed by atoms with E-state index in [4.69, 9.17) is 0 Å². The summed E-state index contributed by atoms with van der Waals surface area (Å²) in [5.41, 5.74) is 4.80. The van der Waals surface area contributed by atoms with Crippen molar-refractivity contribution in [1.82, 2.24) is 14.5 Å². The number of carbonyl (C=O) groups excluding carboxylic acids is 1. The number of aryl methyl sites for hydroxylation is 1. The van der Waals surface area contributed by atoms with Gasteiger partial charge in [0.25, 0.3) is 5.91 Å². The van der Waals surface area contributed by atoms with Gasteiger partial charge >= 0.3 is 0 Å². The minimum absolute atomic E-state index is 0.145. The van der Waals surface area contributed by atoms with Crippen LogP contribution in [0, 0.1) is 5.82 Å². The first-order valence-electron chi connectivity index (χ1n) is 9.17. The smallest absolute Gasteiger partial charge is 0.273 e. The van der Waals surface area contributed by atoms with Crippen molar-refractivity contribution in [3.8, 4) is 11.1 Å². The van der Waals surface area contributed by atoms with Crippen LogP contribution in [0.15, 0.2) is 67.0 Å². The number of fused-ring (bicyclic) bond motifs is 2. The van der Waals surface area contributed by atoms with Gasteiger partial charge in [0.2, 0.25) is 0 Å². The molecule has 1 amide bonds. The van der Waals surface area contributed by atoms with Gasteiger partial charge in [0, 0.05) is 54.6 Å². The third kappa shape index (κ3) is 2.67. The van der Waals surface area contributed by atoms with Gasteiger partial charge in [-0.2, -0.15) is 0 Å². The van der Waals surface area contributed by atoms with Crippen molar-refractivity contribution in [3.63, 3.8) is 0 Å². The molecule has 4 nitrogen and oxygen atoms in total. The number of amides is 1. The molecule has 0 saturated heterocycles. The number of pyridine rings is 1. The summed E-state index contributed by atoms with van der Waals surface area (Å²) < 4.78 is 16.9. The third-order valence-electron chi connectivity index (χ3n) is 5.38. The number of aromatic nitrogens is 2. The number of hydrogen-bond acceptors (Lipinski definition) is 2. The second-order valence-corrected chi connectivity index (χ2v) is 7.18. The Morgan fingerprint density at radius 2 is 1.89 bits per heavy atom. The molecule has 0 radical (unpaired) electrons. The van der Waals surface area contributed by atoms with Crippen molar-refractivity contribution in [2.75, 3.05) is 0 Å². The number of rotatable bonds is 3. The summed E-state index contributed by atoms with van der Waals surface area (Å²) in [7, 11) is 2.00. The van der Waals surface area contributed by atoms with Gasteiger partial charge in [-0.15, -0.1) is 0 Å². The van der Waals surface area contributed by atoms with E-state index in [2.05, 4.69) is 15.6 Å². The van der Waals surface area contributed by atoms with Gasteiger partial charge in [-0.05, 0) is 41.5 Å². The maximum absolute atomic E-state index is 14.8. The van der Waals surface area contributed by atoms with Crippen molar-refractivity contribution in [3.05, 3.63) is 89.6 Å². The lowest BCUT2D eigenvalue weighted by Gasteiger charge is -2.16. The van der Waals surface area contributed by atoms with Crippen LogP contribution in [-0.4, -0.2) is 20.4 Å². The lowest BCUT2D eigenvalue weighted by molar-refractivity contribution is 0.0761. The Hall–Kier alpha value is -3.47. The van der Waals surface area contributed by atoms with E-state index in [1.165, 1.54) is 0 Å². The SMILES string of the molecule is Cn1ccc2cc(-c3ccc(CN4Cc5cccnc5C4=O)c(F)c3)ccc21. The minimum Gasteiger partial charge on any atom is -0.351 e. The maximum Gasteiger partial charge on any atom is 0.273 e. The van der Waals surface area contributed by atoms with Gasteiger partial charge in [0.15, 0.2) is 0 Å². The van der Waals surface area contributed by atoms with E-state index in [-0.39, 0.29) is 18.3 Å². The highest BCUT2D eigenvalue weighted by Gasteiger charge is 2.28. The normalized spacial score (nSPS) is 13.4. The fraction of sp³-hybridized carbons (Fsp3) is 0.130. The first-order chi connectivity index (χ1) is 13.6. The topological polar surface area (TPSA) is 38.1 Å². The summed E-state index contributed by atoms with van der Waals surface area (Å²) in [5, 5.41) is 1.12. The van der Waals surface area contributed by atoms with Crippen molar-refractivity contribution in [2.24, 2.45) is 7.05 Å². The Kier molecular flexibility index (Phi) is 3.76. The highest BCUT2D eigenvalue weighted by Crippen LogP contribution is 2.28. The Balaban J connectivity index is 1.41. The molecule has 138 valence electrons. The van der Waals surface area contributed by atoms with Gasteiger partial charge in [-0.25, -0.2) is 4.39 Å². The highest BCUT2D eigenvalue weighted by molar-refractivity contribution is 5.96. The monoisotopic (exact) mass is 371 g/mol. The van der Waals surface area contributed by atoms with Crippen molar-refractivity contribution in [2.45, 2.75) is 13.1 Å². The number of benzene rings is 2. The quantitative estimate of drug-likeness (QED) is 0.530. The molecule has 0 fully saturated rings. The van der Waals surface area contributed by atoms with Gasteiger partial charge in [0.1, 0.15) is 11.5 Å². The van der Waals surface area contributed by atoms with Crippen LogP contribution in [0.3, 0.4) is 0 Å². The summed E-state index contributed by atoms with van der Waals surface area (Å²) in [6, 6.07) is 17.1. The average molecular weight is 371 g/mol. The van der Waals surface area contributed by atoms with E-state index < -0.39 is 0 Å². The first-order valence-corrected chi connectivity index (χ1v) is 9.17. The molecule has 1 aliphatic rings. The average Bonchev–Trinajstić information content (AvgIpc) is 3.23. The second kappa shape index (κ2) is 6.30. The van der Waals surface area contributed by atoms with Crippen LogP contribution in [0.2, 0.25) is 0 Å². The van der Waals surface area contributed by atoms with E-state index >= 15 is 0 Å². The van der Waals surface area contributed by atoms with Crippen molar-refractivity contribution in [1.29, 1.82) is 0 Å². The molecule has 0 bridgehead atoms. The summed E-state index contributed by atoms with van der Waals surface area (Å²) >= 11 is 0. The number of carbonyl (C=O) groups is 1. The minimum atomic E-state index is -0.303. The molecule has 2 aromatic carbocycles. The van der Waals surface area contributed by atoms with Crippen LogP contribution >= 0.6 is 0 Å². The molecule has 4 aromatic rings. The highest BCUT2D eigenvalue weighted by atomic mass is 19.1. The molecular formula is C23H18FN3O. The molecule has 0 spiro atoms. The molecule has 0 aliphatic carbocycles. The fourth-order valence-corrected chi connectivity index (χ4v) is 3.84. The summed E-state index contributed by atoms with van der Waals surface area (Å²) in [6.07, 6.45) is 3.62. The molecule has 0 saturated carbocycles.